The Morgan fingerprint density at radius 3 is 3.07 bits per heavy atom. The Hall–Kier alpha value is -0.170. The molecule has 1 aromatic rings. The highest BCUT2D eigenvalue weighted by molar-refractivity contribution is 14.2. The van der Waals surface area contributed by atoms with Crippen LogP contribution in [0, 0.1) is 4.91 Å². The van der Waals surface area contributed by atoms with Crippen molar-refractivity contribution in [3.05, 3.63) is 28.4 Å². The molecule has 0 amide bonds. The van der Waals surface area contributed by atoms with Crippen molar-refractivity contribution in [2.75, 3.05) is 0 Å². The van der Waals surface area contributed by atoms with Gasteiger partial charge in [-0.2, -0.15) is 0 Å². The van der Waals surface area contributed by atoms with Crippen LogP contribution in [0.5, 0.6) is 0 Å². The van der Waals surface area contributed by atoms with E-state index in [1.165, 1.54) is 16.1 Å². The lowest BCUT2D eigenvalue weighted by Crippen LogP contribution is -2.11. The lowest BCUT2D eigenvalue weighted by molar-refractivity contribution is 0.753. The van der Waals surface area contributed by atoms with E-state index >= 15 is 0 Å². The molecule has 1 heterocycles. The SMILES string of the molecule is Cn1ccc2c1CCC/C2=S(/I)N=O. The van der Waals surface area contributed by atoms with Gasteiger partial charge < -0.3 is 4.57 Å². The molecule has 0 N–H and O–H groups in total. The second-order valence-electron chi connectivity index (χ2n) is 3.38. The van der Waals surface area contributed by atoms with E-state index in [-0.39, 0.29) is 0 Å². The lowest BCUT2D eigenvalue weighted by atomic mass is 9.98. The van der Waals surface area contributed by atoms with E-state index in [1.807, 2.05) is 0 Å². The molecule has 0 saturated carbocycles. The molecule has 5 heteroatoms. The zero-order valence-electron chi connectivity index (χ0n) is 7.86. The topological polar surface area (TPSA) is 34.4 Å². The predicted octanol–water partition coefficient (Wildman–Crippen LogP) is 3.18. The third-order valence-electron chi connectivity index (χ3n) is 2.59. The first kappa shape index (κ1) is 10.4. The summed E-state index contributed by atoms with van der Waals surface area (Å²) < 4.78 is 5.28. The number of aryl methyl sites for hydroxylation is 1. The average Bonchev–Trinajstić information content (AvgIpc) is 2.59. The number of aromatic nitrogens is 1. The minimum atomic E-state index is -0.469. The summed E-state index contributed by atoms with van der Waals surface area (Å²) in [6.07, 6.45) is 5.35. The molecule has 14 heavy (non-hydrogen) atoms. The van der Waals surface area contributed by atoms with Crippen LogP contribution in [-0.2, 0) is 13.5 Å². The minimum Gasteiger partial charge on any atom is -0.354 e. The van der Waals surface area contributed by atoms with Crippen LogP contribution in [0.3, 0.4) is 0 Å². The average molecular weight is 322 g/mol. The molecule has 3 nitrogen and oxygen atoms in total. The summed E-state index contributed by atoms with van der Waals surface area (Å²) in [5.74, 6) is 0. The lowest BCUT2D eigenvalue weighted by Gasteiger charge is -2.16. The third-order valence-corrected chi connectivity index (χ3v) is 5.63. The fraction of sp³-hybridized carbons (Fsp3) is 0.444. The van der Waals surface area contributed by atoms with E-state index in [0.29, 0.717) is 0 Å². The molecule has 0 aromatic carbocycles. The van der Waals surface area contributed by atoms with Crippen molar-refractivity contribution in [2.45, 2.75) is 19.3 Å². The molecule has 76 valence electrons. The number of nitroso groups, excluding NO2 is 1. The van der Waals surface area contributed by atoms with Crippen molar-refractivity contribution < 1.29 is 0 Å². The number of hydrogen-bond donors (Lipinski definition) is 0. The fourth-order valence-corrected chi connectivity index (χ4v) is 4.04. The molecular weight excluding hydrogens is 311 g/mol. The van der Waals surface area contributed by atoms with Gasteiger partial charge in [-0.3, -0.25) is 0 Å². The van der Waals surface area contributed by atoms with E-state index in [4.69, 9.17) is 0 Å². The Labute approximate surface area is 97.5 Å². The Balaban J connectivity index is 2.56. The van der Waals surface area contributed by atoms with E-state index < -0.39 is 7.84 Å². The molecule has 1 atom stereocenters. The van der Waals surface area contributed by atoms with Gasteiger partial charge in [0.1, 0.15) is 0 Å². The van der Waals surface area contributed by atoms with E-state index in [2.05, 4.69) is 49.7 Å². The Kier molecular flexibility index (Phi) is 3.06. The molecule has 0 bridgehead atoms. The van der Waals surface area contributed by atoms with Crippen LogP contribution in [-0.4, -0.2) is 9.43 Å². The van der Waals surface area contributed by atoms with Crippen LogP contribution < -0.4 is 0 Å². The third kappa shape index (κ3) is 1.67. The maximum Gasteiger partial charge on any atom is 0.0391 e. The summed E-state index contributed by atoms with van der Waals surface area (Å²) in [5, 5.41) is 0. The quantitative estimate of drug-likeness (QED) is 0.444. The van der Waals surface area contributed by atoms with Gasteiger partial charge in [0.25, 0.3) is 0 Å². The zero-order chi connectivity index (χ0) is 10.1. The van der Waals surface area contributed by atoms with Crippen molar-refractivity contribution in [3.63, 3.8) is 0 Å². The summed E-state index contributed by atoms with van der Waals surface area (Å²) in [5.41, 5.74) is 2.61. The van der Waals surface area contributed by atoms with E-state index in [9.17, 15) is 4.91 Å². The largest absolute Gasteiger partial charge is 0.354 e. The molecule has 1 aliphatic rings. The van der Waals surface area contributed by atoms with Crippen LogP contribution in [0.4, 0.5) is 0 Å². The van der Waals surface area contributed by atoms with Gasteiger partial charge in [-0.25, -0.2) is 0 Å². The standard InChI is InChI=1S/C9H11IN2OS/c1-12-6-5-7-8(12)3-2-4-9(7)14(10)11-13/h5-6H,2-4H2,1H3. The van der Waals surface area contributed by atoms with Crippen LogP contribution in [0.2, 0.25) is 0 Å². The summed E-state index contributed by atoms with van der Waals surface area (Å²) in [6, 6.07) is 2.10. The Morgan fingerprint density at radius 2 is 2.36 bits per heavy atom. The van der Waals surface area contributed by atoms with Crippen LogP contribution in [0.15, 0.2) is 16.8 Å². The molecule has 1 unspecified atom stereocenters. The highest BCUT2D eigenvalue weighted by Crippen LogP contribution is 2.35. The van der Waals surface area contributed by atoms with Gasteiger partial charge in [-0.05, 0) is 25.3 Å². The van der Waals surface area contributed by atoms with Gasteiger partial charge >= 0.3 is 0 Å². The van der Waals surface area contributed by atoms with Crippen molar-refractivity contribution in [2.24, 2.45) is 11.6 Å². The van der Waals surface area contributed by atoms with Gasteiger partial charge in [0.15, 0.2) is 0 Å². The maximum atomic E-state index is 10.5. The predicted molar refractivity (Wildman–Crippen MR) is 69.9 cm³/mol. The van der Waals surface area contributed by atoms with Crippen LogP contribution in [0.1, 0.15) is 24.1 Å². The summed E-state index contributed by atoms with van der Waals surface area (Å²) >= 11 is 2.13. The van der Waals surface area contributed by atoms with Crippen molar-refractivity contribution in [1.82, 2.24) is 4.57 Å². The smallest absolute Gasteiger partial charge is 0.0391 e. The normalized spacial score (nSPS) is 20.3. The molecule has 0 saturated heterocycles. The van der Waals surface area contributed by atoms with Crippen LogP contribution in [0.25, 0.3) is 0 Å². The molecule has 0 spiro atoms. The Morgan fingerprint density at radius 1 is 1.57 bits per heavy atom. The maximum absolute atomic E-state index is 10.5. The van der Waals surface area contributed by atoms with Gasteiger partial charge in [-0.1, -0.05) is 0 Å². The Bertz CT molecular complexity index is 411. The molecule has 0 radical (unpaired) electrons. The minimum absolute atomic E-state index is 0.469. The van der Waals surface area contributed by atoms with E-state index in [0.717, 1.165) is 19.3 Å². The number of halogens is 1. The van der Waals surface area contributed by atoms with Gasteiger partial charge in [0, 0.05) is 63.0 Å². The summed E-state index contributed by atoms with van der Waals surface area (Å²) in [7, 11) is 1.59. The molecule has 1 aromatic heterocycles. The molecule has 0 aliphatic heterocycles. The number of hydrogen-bond acceptors (Lipinski definition) is 2. The number of nitrogens with zero attached hydrogens (tertiary/aromatic N) is 2. The first-order valence-electron chi connectivity index (χ1n) is 4.48. The second-order valence-corrected chi connectivity index (χ2v) is 7.00. The highest BCUT2D eigenvalue weighted by atomic mass is 127. The first-order valence-corrected chi connectivity index (χ1v) is 8.21. The van der Waals surface area contributed by atoms with Gasteiger partial charge in [-0.15, -0.1) is 4.91 Å². The van der Waals surface area contributed by atoms with Crippen molar-refractivity contribution in [3.8, 4) is 0 Å². The van der Waals surface area contributed by atoms with Gasteiger partial charge in [0.05, 0.1) is 0 Å². The molecule has 2 rings (SSSR count). The van der Waals surface area contributed by atoms with Crippen molar-refractivity contribution in [1.29, 1.82) is 0 Å². The summed E-state index contributed by atoms with van der Waals surface area (Å²) in [6.45, 7) is 0. The summed E-state index contributed by atoms with van der Waals surface area (Å²) in [4.78, 5) is 11.8. The molecular formula is C9H11IN2OS. The second kappa shape index (κ2) is 4.14. The van der Waals surface area contributed by atoms with Crippen molar-refractivity contribution >= 4 is 33.9 Å². The monoisotopic (exact) mass is 322 g/mol. The molecule has 1 aliphatic carbocycles. The number of fused-ring (bicyclic) bond motifs is 1. The highest BCUT2D eigenvalue weighted by Gasteiger charge is 2.19. The molecule has 0 fully saturated rings. The fourth-order valence-electron chi connectivity index (χ4n) is 1.90. The van der Waals surface area contributed by atoms with Crippen LogP contribution >= 0.6 is 29.0 Å². The van der Waals surface area contributed by atoms with Gasteiger partial charge in [0.2, 0.25) is 0 Å². The zero-order valence-corrected chi connectivity index (χ0v) is 10.8. The first-order chi connectivity index (χ1) is 6.74. The number of rotatable bonds is 1. The van der Waals surface area contributed by atoms with E-state index in [1.54, 1.807) is 0 Å².